The Morgan fingerprint density at radius 1 is 1.12 bits per heavy atom. The molecule has 0 aromatic heterocycles. The zero-order valence-corrected chi connectivity index (χ0v) is 13.9. The van der Waals surface area contributed by atoms with E-state index < -0.39 is 23.1 Å². The third kappa shape index (κ3) is 3.00. The average molecular weight is 278 g/mol. The predicted octanol–water partition coefficient (Wildman–Crippen LogP) is 3.65. The minimum Gasteiger partial charge on any atom is -0.285 e. The van der Waals surface area contributed by atoms with Crippen molar-refractivity contribution in [1.29, 1.82) is 0 Å². The number of hydrogen-bond acceptors (Lipinski definition) is 2. The average Bonchev–Trinajstić information content (AvgIpc) is 1.97. The summed E-state index contributed by atoms with van der Waals surface area (Å²) in [6, 6.07) is 0. The van der Waals surface area contributed by atoms with Crippen LogP contribution in [-0.4, -0.2) is 25.9 Å². The molecule has 0 spiro atoms. The molecule has 0 saturated heterocycles. The molecule has 0 amide bonds. The Morgan fingerprint density at radius 2 is 1.41 bits per heavy atom. The van der Waals surface area contributed by atoms with Crippen LogP contribution >= 0.6 is 0 Å². The Kier molecular flexibility index (Phi) is 4.48. The summed E-state index contributed by atoms with van der Waals surface area (Å²) in [7, 11) is -6.47. The van der Waals surface area contributed by atoms with Crippen LogP contribution in [0.3, 0.4) is 0 Å². The van der Waals surface area contributed by atoms with Crippen LogP contribution in [0.5, 0.6) is 0 Å². The van der Waals surface area contributed by atoms with Gasteiger partial charge in [0.1, 0.15) is 0 Å². The van der Waals surface area contributed by atoms with Gasteiger partial charge in [0.15, 0.2) is 0 Å². The molecule has 5 heteroatoms. The highest BCUT2D eigenvalue weighted by Crippen LogP contribution is 2.54. The second-order valence-corrected chi connectivity index (χ2v) is 14.9. The third-order valence-electron chi connectivity index (χ3n) is 4.22. The molecule has 17 heavy (non-hydrogen) atoms. The molecule has 102 valence electrons. The number of hydrogen-bond donors (Lipinski definition) is 1. The second-order valence-electron chi connectivity index (χ2n) is 6.87. The van der Waals surface area contributed by atoms with Crippen molar-refractivity contribution in [1.82, 2.24) is 0 Å². The van der Waals surface area contributed by atoms with Crippen molar-refractivity contribution in [2.45, 2.75) is 63.0 Å². The van der Waals surface area contributed by atoms with Crippen LogP contribution in [0.15, 0.2) is 12.7 Å². The molecule has 0 bridgehead atoms. The second kappa shape index (κ2) is 4.52. The van der Waals surface area contributed by atoms with Crippen LogP contribution < -0.4 is 0 Å². The summed E-state index contributed by atoms with van der Waals surface area (Å²) < 4.78 is 32.7. The largest absolute Gasteiger partial charge is 0.285 e. The quantitative estimate of drug-likeness (QED) is 0.487. The van der Waals surface area contributed by atoms with Crippen LogP contribution in [0.1, 0.15) is 41.5 Å². The van der Waals surface area contributed by atoms with Crippen LogP contribution in [0.2, 0.25) is 16.6 Å². The highest BCUT2D eigenvalue weighted by molar-refractivity contribution is 7.88. The molecular weight excluding hydrogens is 252 g/mol. The molecule has 0 radical (unpaired) electrons. The Bertz CT molecular complexity index is 371. The summed E-state index contributed by atoms with van der Waals surface area (Å²) in [5, 5.41) is -0.306. The number of rotatable bonds is 3. The molecule has 0 rings (SSSR count). The fourth-order valence-corrected chi connectivity index (χ4v) is 11.8. The Morgan fingerprint density at radius 3 is 1.47 bits per heavy atom. The summed E-state index contributed by atoms with van der Waals surface area (Å²) >= 11 is 0. The van der Waals surface area contributed by atoms with Gasteiger partial charge < -0.3 is 0 Å². The SMILES string of the molecule is C=CC([Si](C)(C(C)(C)C)C(C)(C)C)S(=O)(=O)O. The molecule has 1 atom stereocenters. The first kappa shape index (κ1) is 16.9. The minimum absolute atomic E-state index is 0.153. The first-order valence-electron chi connectivity index (χ1n) is 5.78. The van der Waals surface area contributed by atoms with Gasteiger partial charge in [0.2, 0.25) is 0 Å². The maximum absolute atomic E-state index is 11.6. The fraction of sp³-hybridized carbons (Fsp3) is 0.833. The van der Waals surface area contributed by atoms with Gasteiger partial charge in [-0.15, -0.1) is 6.58 Å². The first-order valence-corrected chi connectivity index (χ1v) is 9.86. The summed E-state index contributed by atoms with van der Waals surface area (Å²) in [5.74, 6) is 0. The molecule has 0 fully saturated rings. The lowest BCUT2D eigenvalue weighted by atomic mass is 10.2. The topological polar surface area (TPSA) is 54.4 Å². The molecule has 0 aromatic rings. The van der Waals surface area contributed by atoms with E-state index in [0.29, 0.717) is 0 Å². The van der Waals surface area contributed by atoms with Gasteiger partial charge in [0, 0.05) is 0 Å². The molecule has 1 N–H and O–H groups in total. The van der Waals surface area contributed by atoms with Gasteiger partial charge in [0.25, 0.3) is 10.1 Å². The van der Waals surface area contributed by atoms with E-state index in [1.54, 1.807) is 0 Å². The Labute approximate surface area is 107 Å². The zero-order valence-electron chi connectivity index (χ0n) is 12.0. The normalized spacial score (nSPS) is 16.7. The molecular formula is C12H26O3SSi. The Hall–Kier alpha value is -0.133. The van der Waals surface area contributed by atoms with Crippen molar-refractivity contribution < 1.29 is 13.0 Å². The molecule has 0 aliphatic carbocycles. The standard InChI is InChI=1S/C12H26O3SSi/c1-9-10(16(13,14)15)17(8,11(2,3)4)12(5,6)7/h9-10H,1H2,2-8H3,(H,13,14,15). The van der Waals surface area contributed by atoms with Crippen molar-refractivity contribution in [3.8, 4) is 0 Å². The first-order chi connectivity index (χ1) is 7.19. The van der Waals surface area contributed by atoms with Gasteiger partial charge >= 0.3 is 0 Å². The van der Waals surface area contributed by atoms with E-state index in [-0.39, 0.29) is 10.1 Å². The Balaban J connectivity index is 6.09. The molecule has 0 aliphatic rings. The molecule has 0 heterocycles. The molecule has 0 saturated carbocycles. The monoisotopic (exact) mass is 278 g/mol. The van der Waals surface area contributed by atoms with E-state index in [0.717, 1.165) is 0 Å². The van der Waals surface area contributed by atoms with E-state index in [2.05, 4.69) is 6.58 Å². The van der Waals surface area contributed by atoms with Gasteiger partial charge in [-0.3, -0.25) is 4.55 Å². The maximum Gasteiger partial charge on any atom is 0.268 e. The van der Waals surface area contributed by atoms with Crippen molar-refractivity contribution in [3.63, 3.8) is 0 Å². The van der Waals surface area contributed by atoms with E-state index >= 15 is 0 Å². The minimum atomic E-state index is -4.10. The van der Waals surface area contributed by atoms with Crippen LogP contribution in [0.4, 0.5) is 0 Å². The van der Waals surface area contributed by atoms with Crippen LogP contribution in [-0.2, 0) is 10.1 Å². The zero-order chi connectivity index (χ0) is 14.3. The molecule has 3 nitrogen and oxygen atoms in total. The molecule has 1 unspecified atom stereocenters. The van der Waals surface area contributed by atoms with E-state index in [9.17, 15) is 13.0 Å². The van der Waals surface area contributed by atoms with Gasteiger partial charge in [-0.25, -0.2) is 0 Å². The highest BCUT2D eigenvalue weighted by Gasteiger charge is 2.56. The van der Waals surface area contributed by atoms with Gasteiger partial charge in [0.05, 0.1) is 12.9 Å². The van der Waals surface area contributed by atoms with Crippen molar-refractivity contribution in [2.24, 2.45) is 0 Å². The van der Waals surface area contributed by atoms with Crippen molar-refractivity contribution >= 4 is 18.2 Å². The summed E-state index contributed by atoms with van der Waals surface area (Å²) in [6.07, 6.45) is 1.40. The van der Waals surface area contributed by atoms with Crippen LogP contribution in [0.25, 0.3) is 0 Å². The predicted molar refractivity (Wildman–Crippen MR) is 76.6 cm³/mol. The van der Waals surface area contributed by atoms with Crippen molar-refractivity contribution in [3.05, 3.63) is 12.7 Å². The highest BCUT2D eigenvalue weighted by atomic mass is 32.2. The molecule has 0 aliphatic heterocycles. The summed E-state index contributed by atoms with van der Waals surface area (Å²) in [6.45, 7) is 17.9. The maximum atomic E-state index is 11.6. The lowest BCUT2D eigenvalue weighted by Crippen LogP contribution is -2.60. The molecule has 0 aromatic carbocycles. The van der Waals surface area contributed by atoms with E-state index in [4.69, 9.17) is 0 Å². The summed E-state index contributed by atoms with van der Waals surface area (Å²) in [4.78, 5) is -0.838. The van der Waals surface area contributed by atoms with Gasteiger partial charge in [-0.1, -0.05) is 54.2 Å². The van der Waals surface area contributed by atoms with Gasteiger partial charge in [-0.05, 0) is 10.1 Å². The lowest BCUT2D eigenvalue weighted by Gasteiger charge is -2.52. The van der Waals surface area contributed by atoms with Gasteiger partial charge in [-0.2, -0.15) is 8.42 Å². The lowest BCUT2D eigenvalue weighted by molar-refractivity contribution is 0.478. The van der Waals surface area contributed by atoms with E-state index in [1.807, 2.05) is 48.1 Å². The van der Waals surface area contributed by atoms with E-state index in [1.165, 1.54) is 6.08 Å². The smallest absolute Gasteiger partial charge is 0.268 e. The van der Waals surface area contributed by atoms with Crippen molar-refractivity contribution in [2.75, 3.05) is 0 Å². The fourth-order valence-electron chi connectivity index (χ4n) is 2.63. The third-order valence-corrected chi connectivity index (χ3v) is 15.0. The summed E-state index contributed by atoms with van der Waals surface area (Å²) in [5.41, 5.74) is 0. The van der Waals surface area contributed by atoms with Crippen LogP contribution in [0, 0.1) is 0 Å².